The molecule has 0 amide bonds. The van der Waals surface area contributed by atoms with Gasteiger partial charge >= 0.3 is 5.97 Å². The van der Waals surface area contributed by atoms with E-state index < -0.39 is 0 Å². The van der Waals surface area contributed by atoms with Crippen molar-refractivity contribution in [1.29, 1.82) is 0 Å². The maximum Gasteiger partial charge on any atom is 0.306 e. The van der Waals surface area contributed by atoms with Crippen LogP contribution < -0.4 is 5.32 Å². The molecule has 27 heavy (non-hydrogen) atoms. The van der Waals surface area contributed by atoms with Crippen molar-refractivity contribution in [2.75, 3.05) is 19.8 Å². The summed E-state index contributed by atoms with van der Waals surface area (Å²) in [5.41, 5.74) is 0. The molecular weight excluding hydrogens is 362 g/mol. The zero-order chi connectivity index (χ0) is 19.9. The Kier molecular flexibility index (Phi) is 13.4. The Morgan fingerprint density at radius 1 is 1.19 bits per heavy atom. The van der Waals surface area contributed by atoms with Crippen LogP contribution >= 0.6 is 12.2 Å². The molecule has 0 aliphatic heterocycles. The van der Waals surface area contributed by atoms with Crippen LogP contribution in [0.25, 0.3) is 0 Å². The molecule has 1 fully saturated rings. The van der Waals surface area contributed by atoms with Gasteiger partial charge in [-0.05, 0) is 70.6 Å². The van der Waals surface area contributed by atoms with Gasteiger partial charge in [0, 0.05) is 6.42 Å². The molecule has 2 unspecified atom stereocenters. The molecule has 1 aliphatic rings. The molecule has 0 heterocycles. The molecule has 0 bridgehead atoms. The van der Waals surface area contributed by atoms with E-state index in [1.54, 1.807) is 0 Å². The fourth-order valence-electron chi connectivity index (χ4n) is 3.45. The molecule has 1 saturated carbocycles. The van der Waals surface area contributed by atoms with E-state index in [1.165, 1.54) is 19.3 Å². The Morgan fingerprint density at radius 3 is 2.56 bits per heavy atom. The van der Waals surface area contributed by atoms with Crippen LogP contribution in [0.5, 0.6) is 0 Å². The molecular formula is C21H37NO4S. The molecule has 0 aromatic rings. The smallest absolute Gasteiger partial charge is 0.306 e. The largest absolute Gasteiger partial charge is 0.486 e. The number of allylic oxidation sites excluding steroid dienone is 1. The molecule has 0 aromatic heterocycles. The van der Waals surface area contributed by atoms with E-state index in [9.17, 15) is 9.90 Å². The van der Waals surface area contributed by atoms with Crippen molar-refractivity contribution in [3.05, 3.63) is 12.2 Å². The molecule has 0 radical (unpaired) electrons. The Hall–Kier alpha value is -0.980. The topological polar surface area (TPSA) is 67.8 Å². The second-order valence-electron chi connectivity index (χ2n) is 7.06. The zero-order valence-electron chi connectivity index (χ0n) is 17.0. The summed E-state index contributed by atoms with van der Waals surface area (Å²) in [6.45, 7) is 5.42. The van der Waals surface area contributed by atoms with Gasteiger partial charge in [0.2, 0.25) is 0 Å². The maximum atomic E-state index is 11.3. The highest BCUT2D eigenvalue weighted by atomic mass is 32.1. The van der Waals surface area contributed by atoms with E-state index in [-0.39, 0.29) is 18.1 Å². The van der Waals surface area contributed by atoms with Crippen molar-refractivity contribution in [2.45, 2.75) is 83.8 Å². The van der Waals surface area contributed by atoms with Gasteiger partial charge in [0.15, 0.2) is 5.05 Å². The molecule has 2 atom stereocenters. The quantitative estimate of drug-likeness (QED) is 0.278. The van der Waals surface area contributed by atoms with Crippen LogP contribution in [-0.2, 0) is 14.3 Å². The Balaban J connectivity index is 2.35. The summed E-state index contributed by atoms with van der Waals surface area (Å²) >= 11 is 5.38. The van der Waals surface area contributed by atoms with E-state index in [4.69, 9.17) is 21.7 Å². The summed E-state index contributed by atoms with van der Waals surface area (Å²) in [4.78, 5) is 11.3. The normalized spacial score (nSPS) is 17.6. The van der Waals surface area contributed by atoms with Crippen LogP contribution in [0.1, 0.15) is 71.6 Å². The Morgan fingerprint density at radius 2 is 1.89 bits per heavy atom. The fraction of sp³-hybridized carbons (Fsp3) is 0.810. The van der Waals surface area contributed by atoms with Gasteiger partial charge in [-0.2, -0.15) is 0 Å². The molecule has 1 aliphatic carbocycles. The molecule has 6 heteroatoms. The number of esters is 1. The molecule has 5 nitrogen and oxygen atoms in total. The van der Waals surface area contributed by atoms with E-state index in [1.807, 2.05) is 26.0 Å². The average molecular weight is 400 g/mol. The van der Waals surface area contributed by atoms with Gasteiger partial charge < -0.3 is 19.9 Å². The number of nitrogens with one attached hydrogen (secondary N) is 1. The van der Waals surface area contributed by atoms with E-state index in [2.05, 4.69) is 5.32 Å². The van der Waals surface area contributed by atoms with Gasteiger partial charge in [-0.25, -0.2) is 0 Å². The first kappa shape index (κ1) is 24.1. The molecule has 0 saturated heterocycles. The molecule has 156 valence electrons. The predicted octanol–water partition coefficient (Wildman–Crippen LogP) is 3.93. The van der Waals surface area contributed by atoms with Crippen molar-refractivity contribution in [2.24, 2.45) is 5.92 Å². The highest BCUT2D eigenvalue weighted by Crippen LogP contribution is 2.27. The van der Waals surface area contributed by atoms with Crippen LogP contribution in [0.2, 0.25) is 0 Å². The fourth-order valence-corrected chi connectivity index (χ4v) is 3.75. The third kappa shape index (κ3) is 10.8. The van der Waals surface area contributed by atoms with Crippen molar-refractivity contribution in [3.8, 4) is 0 Å². The lowest BCUT2D eigenvalue weighted by Gasteiger charge is -2.27. The first-order valence-electron chi connectivity index (χ1n) is 10.5. The average Bonchev–Trinajstić information content (AvgIpc) is 2.67. The number of carbonyl (C=O) groups excluding carboxylic acids is 1. The van der Waals surface area contributed by atoms with Gasteiger partial charge in [-0.3, -0.25) is 4.79 Å². The summed E-state index contributed by atoms with van der Waals surface area (Å²) in [6, 6.07) is -0.0580. The number of thiocarbonyl (C=S) groups is 1. The molecule has 1 rings (SSSR count). The SMILES string of the molecule is CCOC(=O)CC/C=C/CC(NCCC(O)C1CCCCC1)C(=S)OCC. The third-order valence-electron chi connectivity index (χ3n) is 4.95. The van der Waals surface area contributed by atoms with Gasteiger partial charge in [0.1, 0.15) is 0 Å². The number of carbonyl (C=O) groups is 1. The Labute approximate surface area is 169 Å². The van der Waals surface area contributed by atoms with Crippen molar-refractivity contribution in [3.63, 3.8) is 0 Å². The van der Waals surface area contributed by atoms with Crippen molar-refractivity contribution in [1.82, 2.24) is 5.32 Å². The minimum atomic E-state index is -0.237. The number of rotatable bonds is 13. The van der Waals surface area contributed by atoms with Gasteiger partial charge in [0.25, 0.3) is 0 Å². The maximum absolute atomic E-state index is 11.3. The molecule has 0 spiro atoms. The molecule has 2 N–H and O–H groups in total. The second kappa shape index (κ2) is 15.0. The van der Waals surface area contributed by atoms with E-state index in [0.717, 1.165) is 19.3 Å². The molecule has 0 aromatic carbocycles. The number of aliphatic hydroxyl groups is 1. The monoisotopic (exact) mass is 399 g/mol. The third-order valence-corrected chi connectivity index (χ3v) is 5.36. The van der Waals surface area contributed by atoms with Crippen LogP contribution in [0.3, 0.4) is 0 Å². The van der Waals surface area contributed by atoms with Gasteiger partial charge in [-0.15, -0.1) is 0 Å². The first-order chi connectivity index (χ1) is 13.1. The highest BCUT2D eigenvalue weighted by molar-refractivity contribution is 7.80. The second-order valence-corrected chi connectivity index (χ2v) is 7.47. The van der Waals surface area contributed by atoms with Crippen LogP contribution in [0.15, 0.2) is 12.2 Å². The zero-order valence-corrected chi connectivity index (χ0v) is 17.8. The van der Waals surface area contributed by atoms with E-state index in [0.29, 0.717) is 50.0 Å². The highest BCUT2D eigenvalue weighted by Gasteiger charge is 2.22. The summed E-state index contributed by atoms with van der Waals surface area (Å²) in [5, 5.41) is 14.4. The predicted molar refractivity (Wildman–Crippen MR) is 113 cm³/mol. The number of aliphatic hydroxyl groups excluding tert-OH is 1. The summed E-state index contributed by atoms with van der Waals surface area (Å²) in [6.07, 6.45) is 12.3. The van der Waals surface area contributed by atoms with Crippen LogP contribution in [0, 0.1) is 5.92 Å². The Bertz CT molecular complexity index is 449. The van der Waals surface area contributed by atoms with Crippen molar-refractivity contribution >= 4 is 23.2 Å². The van der Waals surface area contributed by atoms with Crippen molar-refractivity contribution < 1.29 is 19.4 Å². The minimum Gasteiger partial charge on any atom is -0.486 e. The lowest BCUT2D eigenvalue weighted by Crippen LogP contribution is -2.39. The van der Waals surface area contributed by atoms with Crippen LogP contribution in [0.4, 0.5) is 0 Å². The van der Waals surface area contributed by atoms with E-state index >= 15 is 0 Å². The first-order valence-corrected chi connectivity index (χ1v) is 10.9. The van der Waals surface area contributed by atoms with Crippen LogP contribution in [-0.4, -0.2) is 48.0 Å². The number of hydrogen-bond donors (Lipinski definition) is 2. The standard InChI is InChI=1S/C21H37NO4S/c1-3-25-20(24)14-10-6-9-13-18(21(27)26-4-2)22-16-15-19(23)17-11-7-5-8-12-17/h6,9,17-19,22-23H,3-5,7-8,10-16H2,1-2H3/b9-6+. The van der Waals surface area contributed by atoms with Gasteiger partial charge in [0.05, 0.1) is 25.4 Å². The number of ether oxygens (including phenoxy) is 2. The lowest BCUT2D eigenvalue weighted by atomic mass is 9.84. The summed E-state index contributed by atoms with van der Waals surface area (Å²) in [5.74, 6) is 0.277. The van der Waals surface area contributed by atoms with Gasteiger partial charge in [-0.1, -0.05) is 31.4 Å². The number of hydrogen-bond acceptors (Lipinski definition) is 6. The summed E-state index contributed by atoms with van der Waals surface area (Å²) in [7, 11) is 0. The summed E-state index contributed by atoms with van der Waals surface area (Å²) < 4.78 is 10.4. The minimum absolute atomic E-state index is 0.0580. The lowest BCUT2D eigenvalue weighted by molar-refractivity contribution is -0.143.